The van der Waals surface area contributed by atoms with Crippen molar-refractivity contribution in [2.45, 2.75) is 43.2 Å². The number of rotatable bonds is 6. The van der Waals surface area contributed by atoms with Crippen LogP contribution in [0.1, 0.15) is 40.7 Å². The van der Waals surface area contributed by atoms with Crippen LogP contribution in [0.25, 0.3) is 0 Å². The van der Waals surface area contributed by atoms with Gasteiger partial charge in [0.2, 0.25) is 17.7 Å². The Bertz CT molecular complexity index is 1590. The lowest BCUT2D eigenvalue weighted by atomic mass is 9.74. The maximum atomic E-state index is 14.2. The number of aromatic hydroxyl groups is 1. The van der Waals surface area contributed by atoms with Crippen LogP contribution in [0.5, 0.6) is 11.5 Å². The Morgan fingerprint density at radius 1 is 1.00 bits per heavy atom. The van der Waals surface area contributed by atoms with Crippen LogP contribution < -0.4 is 20.7 Å². The van der Waals surface area contributed by atoms with E-state index in [0.29, 0.717) is 31.6 Å². The molecule has 47 heavy (non-hydrogen) atoms. The largest absolute Gasteiger partial charge is 0.508 e. The average molecular weight is 647 g/mol. The van der Waals surface area contributed by atoms with Crippen molar-refractivity contribution in [3.8, 4) is 11.5 Å². The highest BCUT2D eigenvalue weighted by Crippen LogP contribution is 2.34. The molecule has 0 unspecified atom stereocenters. The molecule has 0 saturated carbocycles. The minimum absolute atomic E-state index is 0.0641. The number of fused-ring (bicyclic) bond motifs is 1. The van der Waals surface area contributed by atoms with E-state index in [9.17, 15) is 28.7 Å². The van der Waals surface area contributed by atoms with E-state index in [1.807, 2.05) is 6.07 Å². The molecule has 2 aliphatic rings. The van der Waals surface area contributed by atoms with Crippen LogP contribution in [0.4, 0.5) is 4.39 Å². The van der Waals surface area contributed by atoms with Gasteiger partial charge in [-0.05, 0) is 60.4 Å². The molecule has 2 aliphatic heterocycles. The summed E-state index contributed by atoms with van der Waals surface area (Å²) in [5.41, 5.74) is 0.973. The first-order valence-corrected chi connectivity index (χ1v) is 15.6. The number of hydrogen-bond acceptors (Lipinski definition) is 7. The van der Waals surface area contributed by atoms with Crippen molar-refractivity contribution < 1.29 is 38.1 Å². The van der Waals surface area contributed by atoms with Gasteiger partial charge < -0.3 is 35.4 Å². The molecule has 12 heteroatoms. The number of carbonyl (C=O) groups excluding carboxylic acids is 4. The molecule has 3 aromatic carbocycles. The van der Waals surface area contributed by atoms with E-state index in [4.69, 9.17) is 9.47 Å². The first-order valence-electron chi connectivity index (χ1n) is 15.6. The van der Waals surface area contributed by atoms with Gasteiger partial charge >= 0.3 is 0 Å². The van der Waals surface area contributed by atoms with Crippen LogP contribution in [0.15, 0.2) is 72.8 Å². The Balaban J connectivity index is 1.41. The normalized spacial score (nSPS) is 20.6. The lowest BCUT2D eigenvalue weighted by Gasteiger charge is -2.38. The molecular weight excluding hydrogens is 607 g/mol. The fourth-order valence-electron chi connectivity index (χ4n) is 5.93. The zero-order valence-corrected chi connectivity index (χ0v) is 26.2. The fourth-order valence-corrected chi connectivity index (χ4v) is 5.93. The Hall–Kier alpha value is -4.97. The summed E-state index contributed by atoms with van der Waals surface area (Å²) in [7, 11) is 1.59. The Morgan fingerprint density at radius 3 is 2.49 bits per heavy atom. The second kappa shape index (κ2) is 15.1. The molecule has 3 aromatic rings. The summed E-state index contributed by atoms with van der Waals surface area (Å²) >= 11 is 0. The van der Waals surface area contributed by atoms with Crippen molar-refractivity contribution in [1.29, 1.82) is 0 Å². The van der Waals surface area contributed by atoms with E-state index in [1.165, 1.54) is 29.2 Å². The maximum absolute atomic E-state index is 14.2. The summed E-state index contributed by atoms with van der Waals surface area (Å²) < 4.78 is 25.7. The van der Waals surface area contributed by atoms with Crippen molar-refractivity contribution in [2.24, 2.45) is 0 Å². The molecule has 0 spiro atoms. The Morgan fingerprint density at radius 2 is 1.74 bits per heavy atom. The van der Waals surface area contributed by atoms with E-state index >= 15 is 0 Å². The van der Waals surface area contributed by atoms with Gasteiger partial charge in [-0.25, -0.2) is 4.39 Å². The van der Waals surface area contributed by atoms with Gasteiger partial charge in [-0.2, -0.15) is 0 Å². The van der Waals surface area contributed by atoms with Gasteiger partial charge in [0.15, 0.2) is 0 Å². The van der Waals surface area contributed by atoms with Crippen LogP contribution >= 0.6 is 0 Å². The number of likely N-dealkylation sites (N-methyl/N-ethyl adjacent to an activating group) is 1. The zero-order valence-electron chi connectivity index (χ0n) is 26.2. The van der Waals surface area contributed by atoms with Gasteiger partial charge in [-0.1, -0.05) is 36.4 Å². The number of amides is 4. The number of phenols is 1. The number of halogens is 1. The second-order valence-electron chi connectivity index (χ2n) is 11.9. The molecule has 1 saturated heterocycles. The fraction of sp³-hybridized carbons (Fsp3) is 0.371. The number of nitrogens with one attached hydrogen (secondary N) is 3. The lowest BCUT2D eigenvalue weighted by Crippen LogP contribution is -2.54. The molecule has 5 rings (SSSR count). The van der Waals surface area contributed by atoms with Gasteiger partial charge in [-0.3, -0.25) is 19.2 Å². The quantitative estimate of drug-likeness (QED) is 0.322. The summed E-state index contributed by atoms with van der Waals surface area (Å²) in [6.07, 6.45) is 0.737. The smallest absolute Gasteiger partial charge is 0.255 e. The topological polar surface area (TPSA) is 146 Å². The predicted octanol–water partition coefficient (Wildman–Crippen LogP) is 2.46. The molecule has 0 aliphatic carbocycles. The maximum Gasteiger partial charge on any atom is 0.255 e. The molecule has 0 bridgehead atoms. The summed E-state index contributed by atoms with van der Waals surface area (Å²) in [5.74, 6) is -2.28. The first-order chi connectivity index (χ1) is 22.6. The van der Waals surface area contributed by atoms with Crippen LogP contribution in [0.2, 0.25) is 0 Å². The predicted molar refractivity (Wildman–Crippen MR) is 170 cm³/mol. The third-order valence-electron chi connectivity index (χ3n) is 8.70. The number of para-hydroxylation sites is 1. The third-order valence-corrected chi connectivity index (χ3v) is 8.70. The Kier molecular flexibility index (Phi) is 10.7. The molecule has 248 valence electrons. The molecule has 11 nitrogen and oxygen atoms in total. The van der Waals surface area contributed by atoms with Crippen molar-refractivity contribution in [2.75, 3.05) is 40.0 Å². The standard InChI is InChI=1S/C35H39FN4O7/c1-40-15-18-47-30-8-3-2-7-27(30)32(43)39-28(21-31(42)38-29(34(40)45)19-23-9-11-26(41)12-10-23)33(44)37-22-35(13-16-46-17-14-35)24-5-4-6-25(36)20-24/h2-12,20,28-29,41H,13-19,21-22H2,1H3,(H,37,44)(H,38,42)(H,39,43)/t28-,29-/m0/s1. The van der Waals surface area contributed by atoms with Crippen LogP contribution in [-0.4, -0.2) is 85.7 Å². The molecule has 2 atom stereocenters. The minimum Gasteiger partial charge on any atom is -0.508 e. The summed E-state index contributed by atoms with van der Waals surface area (Å²) in [4.78, 5) is 55.8. The van der Waals surface area contributed by atoms with Crippen molar-refractivity contribution >= 4 is 23.6 Å². The first kappa shape index (κ1) is 33.4. The molecule has 4 N–H and O–H groups in total. The summed E-state index contributed by atoms with van der Waals surface area (Å²) in [5, 5.41) is 18.1. The summed E-state index contributed by atoms with van der Waals surface area (Å²) in [6, 6.07) is 16.8. The number of hydrogen-bond donors (Lipinski definition) is 4. The van der Waals surface area contributed by atoms with Crippen molar-refractivity contribution in [3.63, 3.8) is 0 Å². The molecule has 0 radical (unpaired) electrons. The van der Waals surface area contributed by atoms with E-state index in [-0.39, 0.29) is 49.1 Å². The molecule has 0 aromatic heterocycles. The second-order valence-corrected chi connectivity index (χ2v) is 11.9. The van der Waals surface area contributed by atoms with Crippen molar-refractivity contribution in [1.82, 2.24) is 20.9 Å². The van der Waals surface area contributed by atoms with Crippen LogP contribution in [0, 0.1) is 5.82 Å². The average Bonchev–Trinajstić information content (AvgIpc) is 3.07. The third kappa shape index (κ3) is 8.44. The molecule has 4 amide bonds. The van der Waals surface area contributed by atoms with E-state index in [1.54, 1.807) is 49.5 Å². The molecule has 2 heterocycles. The highest BCUT2D eigenvalue weighted by Gasteiger charge is 2.37. The van der Waals surface area contributed by atoms with Crippen molar-refractivity contribution in [3.05, 3.63) is 95.3 Å². The molecule has 1 fully saturated rings. The number of carbonyl (C=O) groups is 4. The monoisotopic (exact) mass is 646 g/mol. The van der Waals surface area contributed by atoms with Gasteiger partial charge in [-0.15, -0.1) is 0 Å². The highest BCUT2D eigenvalue weighted by molar-refractivity contribution is 6.01. The lowest BCUT2D eigenvalue weighted by molar-refractivity contribution is -0.136. The number of nitrogens with zero attached hydrogens (tertiary/aromatic N) is 1. The van der Waals surface area contributed by atoms with E-state index in [2.05, 4.69) is 16.0 Å². The van der Waals surface area contributed by atoms with Gasteiger partial charge in [0, 0.05) is 38.6 Å². The number of ether oxygens (including phenoxy) is 2. The van der Waals surface area contributed by atoms with Crippen LogP contribution in [-0.2, 0) is 31.0 Å². The SMILES string of the molecule is CN1CCOc2ccccc2C(=O)N[C@H](C(=O)NCC2(c3cccc(F)c3)CCOCC2)CC(=O)N[C@@H](Cc2ccc(O)cc2)C1=O. The summed E-state index contributed by atoms with van der Waals surface area (Å²) in [6.45, 7) is 1.23. The van der Waals surface area contributed by atoms with Gasteiger partial charge in [0.05, 0.1) is 18.5 Å². The number of phenolic OH excluding ortho intramolecular Hbond substituents is 1. The van der Waals surface area contributed by atoms with E-state index in [0.717, 1.165) is 5.56 Å². The highest BCUT2D eigenvalue weighted by atomic mass is 19.1. The van der Waals surface area contributed by atoms with Gasteiger partial charge in [0.1, 0.15) is 36.0 Å². The number of benzene rings is 3. The zero-order chi connectivity index (χ0) is 33.4. The van der Waals surface area contributed by atoms with Crippen LogP contribution in [0.3, 0.4) is 0 Å². The molecular formula is C35H39FN4O7. The van der Waals surface area contributed by atoms with Gasteiger partial charge in [0.25, 0.3) is 5.91 Å². The minimum atomic E-state index is -1.31. The van der Waals surface area contributed by atoms with E-state index < -0.39 is 47.5 Å². The Labute approximate surface area is 272 Å².